The summed E-state index contributed by atoms with van der Waals surface area (Å²) in [5.74, 6) is -16.0. The van der Waals surface area contributed by atoms with Crippen molar-refractivity contribution in [2.45, 2.75) is 210 Å². The molecule has 33 nitrogen and oxygen atoms in total. The zero-order chi connectivity index (χ0) is 75.8. The van der Waals surface area contributed by atoms with Crippen LogP contribution in [0.5, 0.6) is 0 Å². The summed E-state index contributed by atoms with van der Waals surface area (Å²) < 4.78 is 0. The molecule has 15 unspecified atom stereocenters. The number of carbonyl (C=O) groups excluding carboxylic acids is 12. The number of H-pyrrole nitrogens is 1. The maximum absolute atomic E-state index is 15.0. The number of nitrogens with one attached hydrogen (secondary N) is 12. The summed E-state index contributed by atoms with van der Waals surface area (Å²) in [5, 5.41) is 49.0. The normalized spacial score (nSPS) is 22.8. The molecule has 1 fully saturated rings. The molecule has 12 amide bonds. The molecule has 1 aromatic carbocycles. The van der Waals surface area contributed by atoms with Gasteiger partial charge in [0, 0.05) is 43.5 Å². The van der Waals surface area contributed by atoms with Crippen LogP contribution in [0.15, 0.2) is 73.2 Å². The largest absolute Gasteiger partial charge is 0.481 e. The summed E-state index contributed by atoms with van der Waals surface area (Å²) in [6.45, 7) is 18.1. The Balaban J connectivity index is 1.80. The Labute approximate surface area is 597 Å². The lowest BCUT2D eigenvalue weighted by atomic mass is 9.95. The van der Waals surface area contributed by atoms with Crippen LogP contribution in [0, 0.1) is 23.7 Å². The number of aromatic amines is 1. The molecule has 102 heavy (non-hydrogen) atoms. The molecule has 1 saturated heterocycles. The van der Waals surface area contributed by atoms with Gasteiger partial charge in [0.15, 0.2) is 0 Å². The van der Waals surface area contributed by atoms with Crippen LogP contribution in [-0.4, -0.2) is 199 Å². The van der Waals surface area contributed by atoms with Crippen molar-refractivity contribution in [2.24, 2.45) is 45.9 Å². The first kappa shape index (κ1) is 84.8. The zero-order valence-electron chi connectivity index (χ0n) is 58.7. The van der Waals surface area contributed by atoms with Gasteiger partial charge in [-0.1, -0.05) is 90.4 Å². The number of rotatable bonds is 33. The van der Waals surface area contributed by atoms with Gasteiger partial charge in [0.05, 0.1) is 30.3 Å². The number of benzene rings is 1. The Hall–Kier alpha value is -9.57. The maximum atomic E-state index is 15.0. The number of hydrogen-bond acceptors (Lipinski definition) is 19. The molecule has 15 atom stereocenters. The zero-order valence-corrected chi connectivity index (χ0v) is 59.5. The molecule has 0 aliphatic carbocycles. The molecule has 562 valence electrons. The van der Waals surface area contributed by atoms with Crippen molar-refractivity contribution in [2.75, 3.05) is 18.8 Å². The number of amides is 12. The first-order chi connectivity index (χ1) is 48.4. The smallest absolute Gasteiger partial charge is 0.305 e. The summed E-state index contributed by atoms with van der Waals surface area (Å²) in [6, 6.07) is -8.77. The van der Waals surface area contributed by atoms with Crippen molar-refractivity contribution in [1.82, 2.24) is 68.5 Å². The predicted molar refractivity (Wildman–Crippen MR) is 378 cm³/mol. The van der Waals surface area contributed by atoms with Gasteiger partial charge in [0.1, 0.15) is 66.5 Å². The highest BCUT2D eigenvalue weighted by atomic mass is 32.2. The highest BCUT2D eigenvalue weighted by Crippen LogP contribution is 2.25. The summed E-state index contributed by atoms with van der Waals surface area (Å²) in [6.07, 6.45) is 2.71. The van der Waals surface area contributed by atoms with Gasteiger partial charge in [-0.2, -0.15) is 0 Å². The van der Waals surface area contributed by atoms with Crippen molar-refractivity contribution in [3.8, 4) is 0 Å². The average molecular weight is 1450 g/mol. The minimum Gasteiger partial charge on any atom is -0.481 e. The van der Waals surface area contributed by atoms with E-state index in [0.717, 1.165) is 6.42 Å². The van der Waals surface area contributed by atoms with Crippen LogP contribution >= 0.6 is 11.8 Å². The van der Waals surface area contributed by atoms with Gasteiger partial charge >= 0.3 is 11.9 Å². The third-order valence-corrected chi connectivity index (χ3v) is 18.4. The predicted octanol–water partition coefficient (Wildman–Crippen LogP) is -1.35. The van der Waals surface area contributed by atoms with E-state index in [0.29, 0.717) is 10.6 Å². The highest BCUT2D eigenvalue weighted by Gasteiger charge is 2.40. The number of allylic oxidation sites excluding steroid dienone is 2. The number of carboxylic acids is 2. The lowest BCUT2D eigenvalue weighted by molar-refractivity contribution is -0.142. The Morgan fingerprint density at radius 2 is 1.30 bits per heavy atom. The first-order valence-corrected chi connectivity index (χ1v) is 35.3. The van der Waals surface area contributed by atoms with Crippen LogP contribution in [0.1, 0.15) is 136 Å². The van der Waals surface area contributed by atoms with Gasteiger partial charge in [-0.05, 0) is 93.6 Å². The molecule has 2 aromatic rings. The molecule has 20 N–H and O–H groups in total. The van der Waals surface area contributed by atoms with Gasteiger partial charge in [-0.3, -0.25) is 72.1 Å². The maximum Gasteiger partial charge on any atom is 0.305 e. The Morgan fingerprint density at radius 1 is 0.696 bits per heavy atom. The van der Waals surface area contributed by atoms with Crippen LogP contribution in [0.3, 0.4) is 0 Å². The van der Waals surface area contributed by atoms with Gasteiger partial charge in [0.25, 0.3) is 0 Å². The molecule has 2 aliphatic rings. The van der Waals surface area contributed by atoms with E-state index in [1.54, 1.807) is 58.0 Å². The minimum absolute atomic E-state index is 0.000613. The number of imidazole rings is 1. The van der Waals surface area contributed by atoms with Gasteiger partial charge in [0.2, 0.25) is 70.9 Å². The fraction of sp³-hybridized carbons (Fsp3) is 0.588. The topological polar surface area (TPSA) is 531 Å². The van der Waals surface area contributed by atoms with E-state index in [9.17, 15) is 77.3 Å². The Kier molecular flexibility index (Phi) is 36.0. The van der Waals surface area contributed by atoms with Crippen LogP contribution in [0.25, 0.3) is 0 Å². The van der Waals surface area contributed by atoms with E-state index >= 15 is 0 Å². The molecule has 0 saturated carbocycles. The van der Waals surface area contributed by atoms with Gasteiger partial charge in [-0.15, -0.1) is 24.9 Å². The van der Waals surface area contributed by atoms with Crippen molar-refractivity contribution in [3.05, 3.63) is 79.4 Å². The van der Waals surface area contributed by atoms with E-state index in [1.165, 1.54) is 36.4 Å². The molecular formula is C68H103N17O16S. The van der Waals surface area contributed by atoms with Crippen LogP contribution < -0.4 is 75.7 Å². The van der Waals surface area contributed by atoms with Crippen LogP contribution in [-0.2, 0) is 80.0 Å². The molecule has 0 radical (unpaired) electrons. The Morgan fingerprint density at radius 3 is 1.90 bits per heavy atom. The van der Waals surface area contributed by atoms with Gasteiger partial charge in [-0.25, -0.2) is 4.98 Å². The molecule has 3 heterocycles. The third-order valence-electron chi connectivity index (χ3n) is 17.3. The van der Waals surface area contributed by atoms with Crippen molar-refractivity contribution in [3.63, 3.8) is 0 Å². The second kappa shape index (κ2) is 43.3. The number of nitrogens with zero attached hydrogens (tertiary/aromatic N) is 2. The molecule has 4 rings (SSSR count). The van der Waals surface area contributed by atoms with Crippen molar-refractivity contribution >= 4 is 99.6 Å². The van der Waals surface area contributed by atoms with Crippen molar-refractivity contribution < 1.29 is 77.3 Å². The second-order valence-electron chi connectivity index (χ2n) is 26.2. The number of carboxylic acid groups (broad SMARTS) is 2. The van der Waals surface area contributed by atoms with E-state index in [4.69, 9.17) is 17.2 Å². The summed E-state index contributed by atoms with van der Waals surface area (Å²) >= 11 is 1.34. The van der Waals surface area contributed by atoms with Gasteiger partial charge < -0.3 is 90.9 Å². The number of aromatic nitrogens is 2. The number of aliphatic imine (C=N–C) groups is 1. The molecular weight excluding hydrogens is 1340 g/mol. The Bertz CT molecular complexity index is 3270. The van der Waals surface area contributed by atoms with Crippen molar-refractivity contribution in [1.29, 1.82) is 0 Å². The number of nitrogens with two attached hydrogens (primary N) is 3. The monoisotopic (exact) mass is 1450 g/mol. The molecule has 1 aromatic heterocycles. The summed E-state index contributed by atoms with van der Waals surface area (Å²) in [7, 11) is 0. The molecule has 34 heteroatoms. The molecule has 0 bridgehead atoms. The fourth-order valence-electron chi connectivity index (χ4n) is 11.2. The number of primary amides is 1. The average Bonchev–Trinajstić information content (AvgIpc) is 1.45. The standard InChI is InChI=1S/C68H103N17O16S/c1-9-18-38(7)55(85-60(94)44(24-25-52(87)88)76-61(95)45(28-36(4)5)78-65(99)50-34-102-68(83-50)54(71)37(6)11-3)66(100)77-42-22-15-16-27-73-57(91)48(31-51(70)86)80-64(98)49(32-53(89)90)81-63(97)47(30-41-33-72-35-74-41)79-62(96)46(29-40-20-13-12-14-21-40)82-67(101)56(39(8)19-10-2)84-59(93)43(23-17-26-69)75-58(42)92/h9-10,12-14,20-21,33,35-39,42-50,54-56H,1-2,11,15-19,22-32,34,69,71H2,3-8H3,(H2,70,86)(H,72,74)(H,73,91)(H,75,92)(H,76,95)(H,77,100)(H,78,99)(H,79,96)(H,80,98)(H,81,97)(H,82,101)(H,84,93)(H,85,94)(H,87,88)(H,89,90). The van der Waals surface area contributed by atoms with E-state index in [2.05, 4.69) is 86.6 Å². The van der Waals surface area contributed by atoms with E-state index in [1.807, 2.05) is 13.8 Å². The number of hydrogen-bond donors (Lipinski definition) is 17. The van der Waals surface area contributed by atoms with E-state index in [-0.39, 0.29) is 101 Å². The lowest BCUT2D eigenvalue weighted by Gasteiger charge is -2.30. The van der Waals surface area contributed by atoms with Crippen LogP contribution in [0.4, 0.5) is 0 Å². The summed E-state index contributed by atoms with van der Waals surface area (Å²) in [4.78, 5) is 207. The first-order valence-electron chi connectivity index (χ1n) is 34.3. The highest BCUT2D eigenvalue weighted by molar-refractivity contribution is 8.14. The fourth-order valence-corrected chi connectivity index (χ4v) is 12.4. The quantitative estimate of drug-likeness (QED) is 0.0368. The minimum atomic E-state index is -1.96. The number of carbonyl (C=O) groups is 14. The number of aliphatic carboxylic acids is 2. The lowest BCUT2D eigenvalue weighted by Crippen LogP contribution is -2.62. The molecule has 2 aliphatic heterocycles. The van der Waals surface area contributed by atoms with E-state index < -0.39 is 193 Å². The summed E-state index contributed by atoms with van der Waals surface area (Å²) in [5.41, 5.74) is 18.7. The third kappa shape index (κ3) is 28.5. The van der Waals surface area contributed by atoms with Crippen LogP contribution in [0.2, 0.25) is 0 Å². The molecule has 0 spiro atoms. The SMILES string of the molecule is C=CCC(C)C(NC(=O)C(CCC(=O)O)NC(=O)C(CC(C)C)NC(=O)C1CSC(C(N)C(C)CC)=N1)C(=O)NC1CCCCNC(=O)C(CC(N)=O)NC(=O)C(CC(=O)O)NC(=O)C(Cc2cnc[nH]2)NC(=O)C(Cc2ccccc2)NC(=O)C(C(C)CC=C)NC(=O)C(CCCN)NC1=O. The second-order valence-corrected chi connectivity index (χ2v) is 27.2. The number of thioether (sulfide) groups is 1.